The fourth-order valence-electron chi connectivity index (χ4n) is 3.30. The van der Waals surface area contributed by atoms with Crippen LogP contribution in [0.5, 0.6) is 5.75 Å². The number of carbonyl (C=O) groups is 2. The summed E-state index contributed by atoms with van der Waals surface area (Å²) in [4.78, 5) is 25.4. The first-order valence-electron chi connectivity index (χ1n) is 9.39. The summed E-state index contributed by atoms with van der Waals surface area (Å²) >= 11 is 0. The molecule has 1 N–H and O–H groups in total. The van der Waals surface area contributed by atoms with Gasteiger partial charge in [0.15, 0.2) is 0 Å². The van der Waals surface area contributed by atoms with Crippen LogP contribution in [0.15, 0.2) is 47.4 Å². The van der Waals surface area contributed by atoms with Crippen molar-refractivity contribution in [3.8, 4) is 5.75 Å². The number of rotatable bonds is 6. The number of ether oxygens (including phenoxy) is 1. The van der Waals surface area contributed by atoms with Crippen LogP contribution in [0, 0.1) is 11.6 Å². The van der Waals surface area contributed by atoms with Crippen LogP contribution < -0.4 is 9.46 Å². The van der Waals surface area contributed by atoms with E-state index in [0.29, 0.717) is 0 Å². The van der Waals surface area contributed by atoms with E-state index in [0.717, 1.165) is 47.4 Å². The summed E-state index contributed by atoms with van der Waals surface area (Å²) in [5, 5.41) is 0. The summed E-state index contributed by atoms with van der Waals surface area (Å²) in [5.41, 5.74) is -1.92. The van der Waals surface area contributed by atoms with Gasteiger partial charge in [0.1, 0.15) is 27.8 Å². The van der Waals surface area contributed by atoms with Gasteiger partial charge in [0.05, 0.1) is 6.42 Å². The van der Waals surface area contributed by atoms with Gasteiger partial charge >= 0.3 is 6.36 Å². The Kier molecular flexibility index (Phi) is 6.37. The average Bonchev–Trinajstić information content (AvgIpc) is 2.68. The van der Waals surface area contributed by atoms with E-state index in [9.17, 15) is 40.0 Å². The molecule has 2 aromatic rings. The van der Waals surface area contributed by atoms with Crippen LogP contribution in [0.3, 0.4) is 0 Å². The average molecular weight is 492 g/mol. The van der Waals surface area contributed by atoms with Gasteiger partial charge in [-0.25, -0.2) is 21.9 Å². The third-order valence-electron chi connectivity index (χ3n) is 5.15. The van der Waals surface area contributed by atoms with E-state index in [1.807, 2.05) is 0 Å². The van der Waals surface area contributed by atoms with Gasteiger partial charge in [0, 0.05) is 12.1 Å². The molecule has 178 valence electrons. The van der Waals surface area contributed by atoms with E-state index < -0.39 is 62.4 Å². The Morgan fingerprint density at radius 3 is 2.42 bits per heavy atom. The summed E-state index contributed by atoms with van der Waals surface area (Å²) in [6.07, 6.45) is -5.72. The van der Waals surface area contributed by atoms with Crippen molar-refractivity contribution in [3.05, 3.63) is 59.7 Å². The second-order valence-electron chi connectivity index (χ2n) is 7.41. The lowest BCUT2D eigenvalue weighted by Gasteiger charge is -2.49. The summed E-state index contributed by atoms with van der Waals surface area (Å²) in [5.74, 6) is -4.58. The normalized spacial score (nSPS) is 18.4. The van der Waals surface area contributed by atoms with E-state index in [-0.39, 0.29) is 18.5 Å². The Hall–Kier alpha value is -3.22. The molecule has 0 aliphatic carbocycles. The van der Waals surface area contributed by atoms with E-state index >= 15 is 0 Å². The fraction of sp³-hybridized carbons (Fsp3) is 0.300. The topological polar surface area (TPSA) is 92.8 Å². The highest BCUT2D eigenvalue weighted by atomic mass is 32.2. The van der Waals surface area contributed by atoms with Crippen molar-refractivity contribution in [3.63, 3.8) is 0 Å². The van der Waals surface area contributed by atoms with Gasteiger partial charge in [-0.15, -0.1) is 13.2 Å². The monoisotopic (exact) mass is 492 g/mol. The molecule has 0 spiro atoms. The predicted molar refractivity (Wildman–Crippen MR) is 103 cm³/mol. The van der Waals surface area contributed by atoms with Crippen LogP contribution in [0.25, 0.3) is 0 Å². The molecule has 0 bridgehead atoms. The Labute approximate surface area is 185 Å². The second kappa shape index (κ2) is 8.61. The summed E-state index contributed by atoms with van der Waals surface area (Å²) < 4.78 is 95.6. The maximum Gasteiger partial charge on any atom is 0.573 e. The summed E-state index contributed by atoms with van der Waals surface area (Å²) in [7, 11) is -4.81. The number of benzene rings is 2. The smallest absolute Gasteiger partial charge is 0.404 e. The van der Waals surface area contributed by atoms with Crippen molar-refractivity contribution in [2.24, 2.45) is 0 Å². The van der Waals surface area contributed by atoms with E-state index in [1.165, 1.54) is 6.92 Å². The molecule has 3 rings (SSSR count). The van der Waals surface area contributed by atoms with Gasteiger partial charge in [0.25, 0.3) is 15.9 Å². The van der Waals surface area contributed by atoms with E-state index in [2.05, 4.69) is 4.74 Å². The molecule has 7 nitrogen and oxygen atoms in total. The SMILES string of the molecule is CC1(C(=O)NS(=O)(=O)c2ccccc2OC(F)(F)F)CCN1C(=O)Cc1cc(F)ccc1F. The highest BCUT2D eigenvalue weighted by Gasteiger charge is 2.50. The molecule has 0 saturated carbocycles. The lowest BCUT2D eigenvalue weighted by Crippen LogP contribution is -2.68. The molecule has 1 atom stereocenters. The Morgan fingerprint density at radius 2 is 1.82 bits per heavy atom. The van der Waals surface area contributed by atoms with E-state index in [1.54, 1.807) is 4.72 Å². The highest BCUT2D eigenvalue weighted by molar-refractivity contribution is 7.90. The maximum atomic E-state index is 13.8. The van der Waals surface area contributed by atoms with Crippen LogP contribution in [0.1, 0.15) is 18.9 Å². The van der Waals surface area contributed by atoms with E-state index in [4.69, 9.17) is 0 Å². The standard InChI is InChI=1S/C20H17F5N2O5S/c1-19(8-9-27(19)17(28)11-12-10-13(21)6-7-14(12)22)18(29)26-33(30,31)16-5-3-2-4-15(16)32-20(23,24)25/h2-7,10H,8-9,11H2,1H3,(H,26,29). The van der Waals surface area contributed by atoms with Gasteiger partial charge in [-0.1, -0.05) is 12.1 Å². The van der Waals surface area contributed by atoms with Crippen molar-refractivity contribution in [1.82, 2.24) is 9.62 Å². The third kappa shape index (κ3) is 5.24. The number of likely N-dealkylation sites (tertiary alicyclic amines) is 1. The fourth-order valence-corrected chi connectivity index (χ4v) is 4.51. The zero-order chi connectivity index (χ0) is 24.6. The zero-order valence-corrected chi connectivity index (χ0v) is 17.8. The number of halogens is 5. The minimum Gasteiger partial charge on any atom is -0.404 e. The van der Waals surface area contributed by atoms with Gasteiger partial charge in [-0.3, -0.25) is 9.59 Å². The first-order valence-corrected chi connectivity index (χ1v) is 10.9. The van der Waals surface area contributed by atoms with Crippen molar-refractivity contribution in [2.45, 2.75) is 36.6 Å². The minimum atomic E-state index is -5.18. The Balaban J connectivity index is 1.78. The Bertz CT molecular complexity index is 1200. The summed E-state index contributed by atoms with van der Waals surface area (Å²) in [6.45, 7) is 1.28. The molecule has 33 heavy (non-hydrogen) atoms. The van der Waals surface area contributed by atoms with Crippen LogP contribution in [-0.4, -0.2) is 43.6 Å². The van der Waals surface area contributed by atoms with Gasteiger partial charge in [-0.05, 0) is 43.7 Å². The van der Waals surface area contributed by atoms with Crippen LogP contribution in [0.2, 0.25) is 0 Å². The van der Waals surface area contributed by atoms with Crippen LogP contribution >= 0.6 is 0 Å². The minimum absolute atomic E-state index is 0.0342. The summed E-state index contributed by atoms with van der Waals surface area (Å²) in [6, 6.07) is 6.36. The molecule has 1 aliphatic rings. The van der Waals surface area contributed by atoms with Crippen LogP contribution in [0.4, 0.5) is 22.0 Å². The molecule has 0 radical (unpaired) electrons. The lowest BCUT2D eigenvalue weighted by atomic mass is 9.85. The number of nitrogens with zero attached hydrogens (tertiary/aromatic N) is 1. The molecule has 1 heterocycles. The first-order chi connectivity index (χ1) is 15.2. The Morgan fingerprint density at radius 1 is 1.15 bits per heavy atom. The van der Waals surface area contributed by atoms with Gasteiger partial charge < -0.3 is 9.64 Å². The van der Waals surface area contributed by atoms with Crippen molar-refractivity contribution in [2.75, 3.05) is 6.54 Å². The number of hydrogen-bond donors (Lipinski definition) is 1. The number of para-hydroxylation sites is 1. The molecule has 13 heteroatoms. The van der Waals surface area contributed by atoms with Gasteiger partial charge in [0.2, 0.25) is 5.91 Å². The van der Waals surface area contributed by atoms with Crippen molar-refractivity contribution < 1.29 is 44.7 Å². The van der Waals surface area contributed by atoms with Gasteiger partial charge in [-0.2, -0.15) is 0 Å². The molecular formula is C20H17F5N2O5S. The highest BCUT2D eigenvalue weighted by Crippen LogP contribution is 2.33. The predicted octanol–water partition coefficient (Wildman–Crippen LogP) is 2.90. The molecule has 1 unspecified atom stereocenters. The number of nitrogens with one attached hydrogen (secondary N) is 1. The number of alkyl halides is 3. The molecule has 1 aliphatic heterocycles. The maximum absolute atomic E-state index is 13.8. The third-order valence-corrected chi connectivity index (χ3v) is 6.52. The largest absolute Gasteiger partial charge is 0.573 e. The molecule has 2 aromatic carbocycles. The lowest BCUT2D eigenvalue weighted by molar-refractivity contribution is -0.275. The molecule has 0 aromatic heterocycles. The molecule has 1 saturated heterocycles. The molecular weight excluding hydrogens is 475 g/mol. The molecule has 2 amide bonds. The zero-order valence-electron chi connectivity index (χ0n) is 16.9. The van der Waals surface area contributed by atoms with Crippen LogP contribution in [-0.2, 0) is 26.0 Å². The number of hydrogen-bond acceptors (Lipinski definition) is 5. The first kappa shape index (κ1) is 24.4. The number of carbonyl (C=O) groups excluding carboxylic acids is 2. The van der Waals surface area contributed by atoms with Crippen molar-refractivity contribution >= 4 is 21.8 Å². The second-order valence-corrected chi connectivity index (χ2v) is 9.06. The molecule has 1 fully saturated rings. The number of sulfonamides is 1. The quantitative estimate of drug-likeness (QED) is 0.627. The van der Waals surface area contributed by atoms with Crippen molar-refractivity contribution in [1.29, 1.82) is 0 Å². The number of amides is 2.